The molecule has 1 aliphatic heterocycles. The van der Waals surface area contributed by atoms with Gasteiger partial charge in [-0.05, 0) is 79.9 Å². The number of ether oxygens (including phenoxy) is 5. The molecule has 234 valence electrons. The van der Waals surface area contributed by atoms with Crippen LogP contribution in [-0.4, -0.2) is 38.0 Å². The third kappa shape index (κ3) is 6.63. The predicted molar refractivity (Wildman–Crippen MR) is 168 cm³/mol. The van der Waals surface area contributed by atoms with E-state index in [1.165, 1.54) is 35.1 Å². The molecule has 0 unspecified atom stereocenters. The first-order valence-electron chi connectivity index (χ1n) is 14.3. The molecule has 0 amide bonds. The molecule has 4 aromatic rings. The van der Waals surface area contributed by atoms with Crippen molar-refractivity contribution in [2.24, 2.45) is 4.99 Å². The molecule has 0 fully saturated rings. The number of carbonyl (C=O) groups excluding carboxylic acids is 1. The van der Waals surface area contributed by atoms with Gasteiger partial charge in [0.05, 0.1) is 49.3 Å². The number of halogens is 1. The van der Waals surface area contributed by atoms with E-state index in [1.807, 2.05) is 13.0 Å². The van der Waals surface area contributed by atoms with E-state index in [4.69, 9.17) is 23.7 Å². The Hall–Kier alpha value is -4.90. The Kier molecular flexibility index (Phi) is 9.68. The lowest BCUT2D eigenvalue weighted by Crippen LogP contribution is -2.40. The summed E-state index contributed by atoms with van der Waals surface area (Å²) in [6.07, 6.45) is 1.75. The number of carbonyl (C=O) groups is 1. The molecule has 11 heteroatoms. The highest BCUT2D eigenvalue weighted by Gasteiger charge is 2.34. The smallest absolute Gasteiger partial charge is 0.338 e. The molecule has 1 atom stereocenters. The fourth-order valence-electron chi connectivity index (χ4n) is 5.02. The lowest BCUT2D eigenvalue weighted by molar-refractivity contribution is -0.139. The summed E-state index contributed by atoms with van der Waals surface area (Å²) in [4.78, 5) is 32.4. The highest BCUT2D eigenvalue weighted by atomic mass is 32.1. The van der Waals surface area contributed by atoms with Crippen LogP contribution < -0.4 is 33.8 Å². The average molecular weight is 633 g/mol. The zero-order valence-electron chi connectivity index (χ0n) is 25.6. The molecule has 1 aliphatic rings. The predicted octanol–water partition coefficient (Wildman–Crippen LogP) is 4.93. The number of methoxy groups -OCH3 is 2. The molecule has 1 aromatic heterocycles. The first kappa shape index (κ1) is 31.5. The van der Waals surface area contributed by atoms with Gasteiger partial charge in [-0.1, -0.05) is 35.6 Å². The number of allylic oxidation sites excluding steroid dienone is 1. The number of hydrogen-bond donors (Lipinski definition) is 0. The summed E-state index contributed by atoms with van der Waals surface area (Å²) in [6.45, 7) is 6.13. The Bertz CT molecular complexity index is 1930. The van der Waals surface area contributed by atoms with Crippen LogP contribution >= 0.6 is 11.3 Å². The summed E-state index contributed by atoms with van der Waals surface area (Å²) in [7, 11) is 3.08. The van der Waals surface area contributed by atoms with E-state index in [-0.39, 0.29) is 30.2 Å². The van der Waals surface area contributed by atoms with E-state index in [9.17, 15) is 14.0 Å². The van der Waals surface area contributed by atoms with Crippen LogP contribution in [0.4, 0.5) is 4.39 Å². The Morgan fingerprint density at radius 3 is 2.36 bits per heavy atom. The van der Waals surface area contributed by atoms with E-state index in [2.05, 4.69) is 4.99 Å². The summed E-state index contributed by atoms with van der Waals surface area (Å²) in [5.74, 6) is 1.13. The maximum Gasteiger partial charge on any atom is 0.338 e. The van der Waals surface area contributed by atoms with Gasteiger partial charge in [-0.2, -0.15) is 0 Å². The number of benzene rings is 3. The number of esters is 1. The van der Waals surface area contributed by atoms with Crippen molar-refractivity contribution in [2.45, 2.75) is 33.4 Å². The summed E-state index contributed by atoms with van der Waals surface area (Å²) >= 11 is 1.22. The maximum atomic E-state index is 14.0. The van der Waals surface area contributed by atoms with Gasteiger partial charge in [-0.25, -0.2) is 14.2 Å². The second-order valence-corrected chi connectivity index (χ2v) is 11.0. The zero-order valence-corrected chi connectivity index (χ0v) is 26.4. The van der Waals surface area contributed by atoms with Crippen molar-refractivity contribution < 1.29 is 32.9 Å². The molecule has 0 saturated carbocycles. The molecule has 0 aliphatic carbocycles. The molecule has 45 heavy (non-hydrogen) atoms. The van der Waals surface area contributed by atoms with Gasteiger partial charge in [-0.3, -0.25) is 9.36 Å². The topological polar surface area (TPSA) is 97.6 Å². The van der Waals surface area contributed by atoms with Crippen LogP contribution in [0.2, 0.25) is 0 Å². The van der Waals surface area contributed by atoms with E-state index < -0.39 is 12.0 Å². The largest absolute Gasteiger partial charge is 0.493 e. The highest BCUT2D eigenvalue weighted by molar-refractivity contribution is 7.07. The van der Waals surface area contributed by atoms with E-state index in [0.29, 0.717) is 55.8 Å². The van der Waals surface area contributed by atoms with E-state index in [0.717, 1.165) is 5.56 Å². The van der Waals surface area contributed by atoms with Gasteiger partial charge in [0, 0.05) is 0 Å². The van der Waals surface area contributed by atoms with Crippen molar-refractivity contribution >= 4 is 23.4 Å². The third-order valence-corrected chi connectivity index (χ3v) is 8.10. The van der Waals surface area contributed by atoms with Crippen molar-refractivity contribution in [1.29, 1.82) is 0 Å². The molecular formula is C34H33FN2O7S. The van der Waals surface area contributed by atoms with Crippen LogP contribution in [0, 0.1) is 5.82 Å². The standard InChI is InChI=1S/C34H33FN2O7S/c1-6-42-28-18-23(11-15-25(28)40-4)31-30(33(39)43-7-2)20(3)36-34-37(31)32(38)29(45-34)17-22-10-14-26(27(16-22)41-5)44-19-21-8-12-24(35)13-9-21/h8-18,31H,6-7,19H2,1-5H3/b29-17-/t31-/m0/s1. The lowest BCUT2D eigenvalue weighted by Gasteiger charge is -2.25. The summed E-state index contributed by atoms with van der Waals surface area (Å²) < 4.78 is 43.3. The van der Waals surface area contributed by atoms with Crippen LogP contribution in [0.1, 0.15) is 43.5 Å². The third-order valence-electron chi connectivity index (χ3n) is 7.11. The average Bonchev–Trinajstić information content (AvgIpc) is 3.34. The normalized spacial score (nSPS) is 14.4. The van der Waals surface area contributed by atoms with E-state index >= 15 is 0 Å². The van der Waals surface area contributed by atoms with Gasteiger partial charge in [0.1, 0.15) is 12.4 Å². The highest BCUT2D eigenvalue weighted by Crippen LogP contribution is 2.36. The second-order valence-electron chi connectivity index (χ2n) is 9.97. The molecule has 0 N–H and O–H groups in total. The first-order chi connectivity index (χ1) is 21.8. The van der Waals surface area contributed by atoms with Crippen molar-refractivity contribution in [2.75, 3.05) is 27.4 Å². The minimum atomic E-state index is -0.802. The minimum absolute atomic E-state index is 0.172. The second kappa shape index (κ2) is 13.8. The molecule has 0 radical (unpaired) electrons. The molecule has 2 heterocycles. The van der Waals surface area contributed by atoms with Crippen molar-refractivity contribution in [3.05, 3.63) is 114 Å². The zero-order chi connectivity index (χ0) is 32.1. The quantitative estimate of drug-likeness (QED) is 0.216. The number of aromatic nitrogens is 1. The monoisotopic (exact) mass is 632 g/mol. The number of rotatable bonds is 11. The fourth-order valence-corrected chi connectivity index (χ4v) is 6.07. The Morgan fingerprint density at radius 1 is 0.933 bits per heavy atom. The number of nitrogens with zero attached hydrogens (tertiary/aromatic N) is 2. The molecule has 3 aromatic carbocycles. The number of fused-ring (bicyclic) bond motifs is 1. The Labute approximate surface area is 263 Å². The Balaban J connectivity index is 1.57. The van der Waals surface area contributed by atoms with Crippen molar-refractivity contribution in [3.63, 3.8) is 0 Å². The molecule has 0 bridgehead atoms. The Morgan fingerprint density at radius 2 is 1.67 bits per heavy atom. The summed E-state index contributed by atoms with van der Waals surface area (Å²) in [6, 6.07) is 15.9. The van der Waals surface area contributed by atoms with Gasteiger partial charge in [0.15, 0.2) is 27.8 Å². The lowest BCUT2D eigenvalue weighted by atomic mass is 9.95. The number of thiazole rings is 1. The van der Waals surface area contributed by atoms with Crippen molar-refractivity contribution in [3.8, 4) is 23.0 Å². The fraction of sp³-hybridized carbons (Fsp3) is 0.265. The van der Waals surface area contributed by atoms with Gasteiger partial charge in [0.25, 0.3) is 5.56 Å². The van der Waals surface area contributed by atoms with Gasteiger partial charge >= 0.3 is 5.97 Å². The van der Waals surface area contributed by atoms with Gasteiger partial charge in [-0.15, -0.1) is 0 Å². The molecule has 0 spiro atoms. The van der Waals surface area contributed by atoms with Gasteiger partial charge < -0.3 is 23.7 Å². The van der Waals surface area contributed by atoms with Gasteiger partial charge in [0.2, 0.25) is 0 Å². The van der Waals surface area contributed by atoms with Crippen LogP contribution in [0.5, 0.6) is 23.0 Å². The van der Waals surface area contributed by atoms with Crippen LogP contribution in [0.15, 0.2) is 81.7 Å². The van der Waals surface area contributed by atoms with Crippen LogP contribution in [0.3, 0.4) is 0 Å². The molecule has 9 nitrogen and oxygen atoms in total. The first-order valence-corrected chi connectivity index (χ1v) is 15.1. The summed E-state index contributed by atoms with van der Waals surface area (Å²) in [5, 5.41) is 0. The number of hydrogen-bond acceptors (Lipinski definition) is 9. The molecular weight excluding hydrogens is 599 g/mol. The van der Waals surface area contributed by atoms with Crippen LogP contribution in [-0.2, 0) is 16.1 Å². The molecule has 5 rings (SSSR count). The maximum absolute atomic E-state index is 14.0. The van der Waals surface area contributed by atoms with Crippen molar-refractivity contribution in [1.82, 2.24) is 4.57 Å². The summed E-state index contributed by atoms with van der Waals surface area (Å²) in [5.41, 5.74) is 2.57. The van der Waals surface area contributed by atoms with Crippen LogP contribution in [0.25, 0.3) is 6.08 Å². The molecule has 0 saturated heterocycles. The minimum Gasteiger partial charge on any atom is -0.493 e. The SMILES string of the molecule is CCOC(=O)C1=C(C)N=c2s/c(=C\c3ccc(OCc4ccc(F)cc4)c(OC)c3)c(=O)n2[C@H]1c1ccc(OC)c(OCC)c1. The van der Waals surface area contributed by atoms with E-state index in [1.54, 1.807) is 69.5 Å².